The topological polar surface area (TPSA) is 92.2 Å². The number of benzene rings is 3. The highest BCUT2D eigenvalue weighted by Crippen LogP contribution is 2.61. The molecule has 210 valence electrons. The van der Waals surface area contributed by atoms with Crippen molar-refractivity contribution < 1.29 is 9.13 Å². The fraction of sp³-hybridized carbons (Fsp3) is 0.188. The van der Waals surface area contributed by atoms with Crippen molar-refractivity contribution in [1.29, 1.82) is 0 Å². The van der Waals surface area contributed by atoms with Crippen LogP contribution in [0.15, 0.2) is 85.5 Å². The molecule has 2 unspecified atom stereocenters. The van der Waals surface area contributed by atoms with E-state index in [-0.39, 0.29) is 0 Å². The van der Waals surface area contributed by atoms with Crippen LogP contribution in [-0.2, 0) is 9.13 Å². The first-order chi connectivity index (χ1) is 20.3. The zero-order chi connectivity index (χ0) is 29.2. The van der Waals surface area contributed by atoms with Gasteiger partial charge in [-0.25, -0.2) is 24.6 Å². The Bertz CT molecular complexity index is 1960. The molecule has 0 saturated carbocycles. The van der Waals surface area contributed by atoms with E-state index in [9.17, 15) is 4.57 Å². The van der Waals surface area contributed by atoms with Gasteiger partial charge in [0.05, 0.1) is 27.7 Å². The average molecular weight is 593 g/mol. The number of hydrogen-bond acceptors (Lipinski definition) is 7. The van der Waals surface area contributed by atoms with Gasteiger partial charge in [-0.3, -0.25) is 4.57 Å². The van der Waals surface area contributed by atoms with Gasteiger partial charge in [0.1, 0.15) is 7.14 Å². The van der Waals surface area contributed by atoms with E-state index in [0.29, 0.717) is 24.7 Å². The van der Waals surface area contributed by atoms with E-state index in [1.165, 1.54) is 0 Å². The minimum atomic E-state index is -3.35. The predicted octanol–water partition coefficient (Wildman–Crippen LogP) is 5.52. The molecular formula is C32H30N6O2P2. The van der Waals surface area contributed by atoms with E-state index < -0.39 is 14.4 Å². The zero-order valence-corrected chi connectivity index (χ0v) is 25.7. The Morgan fingerprint density at radius 2 is 1.19 bits per heavy atom. The van der Waals surface area contributed by atoms with Gasteiger partial charge in [-0.1, -0.05) is 13.8 Å². The largest absolute Gasteiger partial charge is 0.314 e. The van der Waals surface area contributed by atoms with E-state index in [0.717, 1.165) is 55.0 Å². The summed E-state index contributed by atoms with van der Waals surface area (Å²) in [6.45, 7) is 9.08. The Hall–Kier alpha value is -3.96. The van der Waals surface area contributed by atoms with Crippen molar-refractivity contribution in [3.63, 3.8) is 0 Å². The summed E-state index contributed by atoms with van der Waals surface area (Å²) >= 11 is 0. The Kier molecular flexibility index (Phi) is 6.28. The summed E-state index contributed by atoms with van der Waals surface area (Å²) in [5.41, 5.74) is 4.92. The average Bonchev–Trinajstić information content (AvgIpc) is 3.02. The quantitative estimate of drug-likeness (QED) is 0.247. The van der Waals surface area contributed by atoms with Crippen LogP contribution in [0.1, 0.15) is 19.4 Å². The van der Waals surface area contributed by atoms with Gasteiger partial charge in [0.2, 0.25) is 7.29 Å². The second-order valence-corrected chi connectivity index (χ2v) is 16.2. The lowest BCUT2D eigenvalue weighted by molar-refractivity contribution is 0.458. The fourth-order valence-corrected chi connectivity index (χ4v) is 12.0. The lowest BCUT2D eigenvalue weighted by Crippen LogP contribution is -2.46. The molecule has 4 heterocycles. The zero-order valence-electron chi connectivity index (χ0n) is 23.9. The molecule has 0 bridgehead atoms. The van der Waals surface area contributed by atoms with Crippen LogP contribution >= 0.6 is 14.4 Å². The van der Waals surface area contributed by atoms with Crippen LogP contribution in [0.2, 0.25) is 0 Å². The molecule has 0 N–H and O–H groups in total. The van der Waals surface area contributed by atoms with Gasteiger partial charge in [-0.05, 0) is 79.8 Å². The van der Waals surface area contributed by atoms with Gasteiger partial charge in [-0.15, -0.1) is 0 Å². The standard InChI is InChI=1S/C32H30N6O2P2/c1-5-37(6-2)42(40)27-20-23(32-35-15-8-16-36-32)10-12-25(27)38-24-11-9-22(31-33-13-7-14-34-31)19-26(24)41(4,39)28-17-21(3)18-29(42)30(28)38/h7-20H,5-6H2,1-4H3. The smallest absolute Gasteiger partial charge is 0.211 e. The summed E-state index contributed by atoms with van der Waals surface area (Å²) in [5, 5.41) is 2.92. The second kappa shape index (κ2) is 9.81. The third kappa shape index (κ3) is 3.79. The minimum Gasteiger partial charge on any atom is -0.314 e. The van der Waals surface area contributed by atoms with Crippen molar-refractivity contribution in [2.75, 3.05) is 24.7 Å². The Morgan fingerprint density at radius 1 is 0.690 bits per heavy atom. The number of hydrogen-bond donors (Lipinski definition) is 0. The van der Waals surface area contributed by atoms with Crippen LogP contribution in [0.4, 0.5) is 17.1 Å². The Labute approximate surface area is 245 Å². The number of nitrogens with zero attached hydrogens (tertiary/aromatic N) is 6. The fourth-order valence-electron chi connectivity index (χ4n) is 6.27. The molecule has 2 aromatic heterocycles. The molecule has 0 radical (unpaired) electrons. The summed E-state index contributed by atoms with van der Waals surface area (Å²) in [6.07, 6.45) is 6.84. The van der Waals surface area contributed by atoms with E-state index in [4.69, 9.17) is 0 Å². The molecule has 42 heavy (non-hydrogen) atoms. The van der Waals surface area contributed by atoms with Crippen LogP contribution in [0.5, 0.6) is 0 Å². The lowest BCUT2D eigenvalue weighted by atomic mass is 10.1. The van der Waals surface area contributed by atoms with E-state index in [2.05, 4.69) is 29.5 Å². The summed E-state index contributed by atoms with van der Waals surface area (Å²) in [4.78, 5) is 20.0. The van der Waals surface area contributed by atoms with Crippen LogP contribution in [0.3, 0.4) is 0 Å². The molecule has 2 atom stereocenters. The molecule has 2 aliphatic rings. The highest BCUT2D eigenvalue weighted by molar-refractivity contribution is 7.80. The van der Waals surface area contributed by atoms with Crippen LogP contribution in [0, 0.1) is 6.92 Å². The maximum absolute atomic E-state index is 15.7. The van der Waals surface area contributed by atoms with Gasteiger partial charge in [0.25, 0.3) is 0 Å². The molecular weight excluding hydrogens is 562 g/mol. The van der Waals surface area contributed by atoms with E-state index in [1.54, 1.807) is 36.9 Å². The van der Waals surface area contributed by atoms with Crippen LogP contribution in [0.25, 0.3) is 22.8 Å². The normalized spacial score (nSPS) is 20.2. The third-order valence-electron chi connectivity index (χ3n) is 8.22. The molecule has 0 saturated heterocycles. The SMILES string of the molecule is CCN(CC)P1(=O)c2cc(-c3ncccn3)ccc2N2c3ccc(-c4ncccn4)cc3P(C)(=O)c3cc(C)cc1c32. The van der Waals surface area contributed by atoms with Crippen LogP contribution in [-0.4, -0.2) is 44.4 Å². The number of rotatable bonds is 5. The number of fused-ring (bicyclic) bond motifs is 4. The maximum atomic E-state index is 15.7. The Balaban J connectivity index is 1.57. The lowest BCUT2D eigenvalue weighted by Gasteiger charge is -2.46. The summed E-state index contributed by atoms with van der Waals surface area (Å²) in [5.74, 6) is 1.15. The summed E-state index contributed by atoms with van der Waals surface area (Å²) in [7, 11) is -6.47. The monoisotopic (exact) mass is 592 g/mol. The summed E-state index contributed by atoms with van der Waals surface area (Å²) in [6, 6.07) is 19.5. The molecule has 0 fully saturated rings. The van der Waals surface area contributed by atoms with Crippen molar-refractivity contribution >= 4 is 52.7 Å². The summed E-state index contributed by atoms with van der Waals surface area (Å²) < 4.78 is 32.7. The van der Waals surface area contributed by atoms with Gasteiger partial charge >= 0.3 is 0 Å². The van der Waals surface area contributed by atoms with Crippen molar-refractivity contribution in [3.8, 4) is 22.8 Å². The second-order valence-electron chi connectivity index (χ2n) is 10.7. The van der Waals surface area contributed by atoms with Gasteiger partial charge in [0.15, 0.2) is 11.6 Å². The van der Waals surface area contributed by atoms with Gasteiger partial charge in [-0.2, -0.15) is 0 Å². The molecule has 3 aromatic carbocycles. The Morgan fingerprint density at radius 3 is 1.74 bits per heavy atom. The minimum absolute atomic E-state index is 0.576. The molecule has 8 nitrogen and oxygen atoms in total. The van der Waals surface area contributed by atoms with Crippen molar-refractivity contribution in [1.82, 2.24) is 24.6 Å². The molecule has 5 aromatic rings. The molecule has 0 aliphatic carbocycles. The number of aromatic nitrogens is 4. The van der Waals surface area contributed by atoms with Crippen LogP contribution < -0.4 is 26.1 Å². The van der Waals surface area contributed by atoms with Crippen molar-refractivity contribution in [2.45, 2.75) is 20.8 Å². The van der Waals surface area contributed by atoms with E-state index >= 15 is 4.57 Å². The highest BCUT2D eigenvalue weighted by Gasteiger charge is 2.49. The third-order valence-corrected chi connectivity index (χ3v) is 14.1. The predicted molar refractivity (Wildman–Crippen MR) is 171 cm³/mol. The first kappa shape index (κ1) is 26.9. The molecule has 10 heteroatoms. The molecule has 0 amide bonds. The van der Waals surface area contributed by atoms with Crippen molar-refractivity contribution in [2.24, 2.45) is 0 Å². The van der Waals surface area contributed by atoms with Gasteiger partial charge in [0, 0.05) is 59.6 Å². The molecule has 7 rings (SSSR count). The first-order valence-electron chi connectivity index (χ1n) is 14.0. The van der Waals surface area contributed by atoms with E-state index in [1.807, 2.05) is 76.0 Å². The van der Waals surface area contributed by atoms with Gasteiger partial charge < -0.3 is 9.46 Å². The number of anilines is 3. The maximum Gasteiger partial charge on any atom is 0.211 e. The first-order valence-corrected chi connectivity index (χ1v) is 17.8. The molecule has 0 spiro atoms. The highest BCUT2D eigenvalue weighted by atomic mass is 31.2. The van der Waals surface area contributed by atoms with Crippen molar-refractivity contribution in [3.05, 3.63) is 91.0 Å². The molecule has 2 aliphatic heterocycles. The number of aryl methyl sites for hydroxylation is 1.